The van der Waals surface area contributed by atoms with Gasteiger partial charge in [-0.1, -0.05) is 18.2 Å². The van der Waals surface area contributed by atoms with E-state index in [1.807, 2.05) is 6.07 Å². The van der Waals surface area contributed by atoms with Crippen molar-refractivity contribution < 1.29 is 9.53 Å². The summed E-state index contributed by atoms with van der Waals surface area (Å²) in [5.41, 5.74) is 2.42. The van der Waals surface area contributed by atoms with Crippen molar-refractivity contribution in [1.29, 1.82) is 0 Å². The monoisotopic (exact) mass is 499 g/mol. The fourth-order valence-electron chi connectivity index (χ4n) is 3.10. The van der Waals surface area contributed by atoms with Crippen molar-refractivity contribution >= 4 is 46.7 Å². The van der Waals surface area contributed by atoms with E-state index >= 15 is 0 Å². The number of likely N-dealkylation sites (N-methyl/N-ethyl adjacent to an activating group) is 1. The molecule has 7 nitrogen and oxygen atoms in total. The highest BCUT2D eigenvalue weighted by molar-refractivity contribution is 14.0. The lowest BCUT2D eigenvalue weighted by atomic mass is 10.1. The molecule has 2 heterocycles. The summed E-state index contributed by atoms with van der Waals surface area (Å²) in [5.74, 6) is 1.16. The molecule has 2 aromatic rings. The number of hydrogen-bond donors (Lipinski definition) is 3. The van der Waals surface area contributed by atoms with Gasteiger partial charge in [-0.15, -0.1) is 24.0 Å². The first kappa shape index (κ1) is 22.5. The van der Waals surface area contributed by atoms with Gasteiger partial charge in [0.2, 0.25) is 5.91 Å². The Labute approximate surface area is 183 Å². The Morgan fingerprint density at radius 3 is 2.89 bits per heavy atom. The van der Waals surface area contributed by atoms with Gasteiger partial charge < -0.3 is 25.3 Å². The highest BCUT2D eigenvalue weighted by atomic mass is 127. The molecule has 1 aliphatic heterocycles. The third-order valence-electron chi connectivity index (χ3n) is 4.82. The fraction of sp³-hybridized carbons (Fsp3) is 0.500. The van der Waals surface area contributed by atoms with E-state index in [-0.39, 0.29) is 36.4 Å². The molecule has 1 fully saturated rings. The number of ether oxygens (including phenoxy) is 1. The predicted octanol–water partition coefficient (Wildman–Crippen LogP) is 1.99. The number of aliphatic imine (C=N–C) groups is 1. The van der Waals surface area contributed by atoms with Crippen LogP contribution in [-0.4, -0.2) is 68.7 Å². The zero-order valence-electron chi connectivity index (χ0n) is 16.5. The second kappa shape index (κ2) is 11.3. The minimum atomic E-state index is -0.0167. The Kier molecular flexibility index (Phi) is 9.04. The zero-order valence-corrected chi connectivity index (χ0v) is 18.9. The SMILES string of the molecule is CN(C)C(=O)CN=C(NCCc1c[nH]c2ccccc12)NCC1CCOC1.I. The number of aromatic amines is 1. The second-order valence-electron chi connectivity index (χ2n) is 7.10. The molecular weight excluding hydrogens is 469 g/mol. The molecule has 0 bridgehead atoms. The van der Waals surface area contributed by atoms with Crippen molar-refractivity contribution in [2.24, 2.45) is 10.9 Å². The number of carbonyl (C=O) groups is 1. The lowest BCUT2D eigenvalue weighted by Crippen LogP contribution is -2.41. The maximum absolute atomic E-state index is 11.9. The number of fused-ring (bicyclic) bond motifs is 1. The zero-order chi connectivity index (χ0) is 19.1. The van der Waals surface area contributed by atoms with Crippen molar-refractivity contribution in [3.05, 3.63) is 36.0 Å². The molecule has 1 saturated heterocycles. The van der Waals surface area contributed by atoms with Crippen LogP contribution in [-0.2, 0) is 16.0 Å². The molecule has 8 heteroatoms. The quantitative estimate of drug-likeness (QED) is 0.309. The average Bonchev–Trinajstić information content (AvgIpc) is 3.33. The first-order valence-corrected chi connectivity index (χ1v) is 9.48. The van der Waals surface area contributed by atoms with Crippen molar-refractivity contribution in [1.82, 2.24) is 20.5 Å². The predicted molar refractivity (Wildman–Crippen MR) is 123 cm³/mol. The molecule has 154 valence electrons. The van der Waals surface area contributed by atoms with Crippen LogP contribution in [0.25, 0.3) is 10.9 Å². The van der Waals surface area contributed by atoms with Crippen LogP contribution in [0.1, 0.15) is 12.0 Å². The van der Waals surface area contributed by atoms with Gasteiger partial charge in [0.15, 0.2) is 5.96 Å². The van der Waals surface area contributed by atoms with E-state index in [1.165, 1.54) is 10.9 Å². The molecule has 0 radical (unpaired) electrons. The molecule has 1 aromatic heterocycles. The summed E-state index contributed by atoms with van der Waals surface area (Å²) in [6, 6.07) is 8.30. The van der Waals surface area contributed by atoms with Crippen molar-refractivity contribution in [2.45, 2.75) is 12.8 Å². The van der Waals surface area contributed by atoms with Crippen LogP contribution in [0, 0.1) is 5.92 Å². The number of hydrogen-bond acceptors (Lipinski definition) is 3. The number of rotatable bonds is 7. The number of guanidine groups is 1. The normalized spacial score (nSPS) is 16.6. The van der Waals surface area contributed by atoms with E-state index in [0.29, 0.717) is 11.9 Å². The van der Waals surface area contributed by atoms with Crippen molar-refractivity contribution in [3.63, 3.8) is 0 Å². The number of para-hydroxylation sites is 1. The van der Waals surface area contributed by atoms with Gasteiger partial charge in [0.25, 0.3) is 0 Å². The van der Waals surface area contributed by atoms with Gasteiger partial charge in [-0.05, 0) is 24.5 Å². The molecule has 0 aliphatic carbocycles. The topological polar surface area (TPSA) is 81.8 Å². The lowest BCUT2D eigenvalue weighted by Gasteiger charge is -2.15. The molecule has 0 saturated carbocycles. The minimum absolute atomic E-state index is 0. The van der Waals surface area contributed by atoms with Gasteiger partial charge >= 0.3 is 0 Å². The van der Waals surface area contributed by atoms with E-state index in [4.69, 9.17) is 4.74 Å². The molecule has 1 unspecified atom stereocenters. The first-order chi connectivity index (χ1) is 13.1. The number of aromatic nitrogens is 1. The molecule has 1 aromatic carbocycles. The van der Waals surface area contributed by atoms with Crippen LogP contribution in [0.2, 0.25) is 0 Å². The summed E-state index contributed by atoms with van der Waals surface area (Å²) in [4.78, 5) is 21.2. The van der Waals surface area contributed by atoms with Crippen LogP contribution in [0.5, 0.6) is 0 Å². The number of halogens is 1. The standard InChI is InChI=1S/C20H29N5O2.HI/c1-25(2)19(26)13-24-20(23-11-15-8-10-27-14-15)21-9-7-16-12-22-18-6-4-3-5-17(16)18;/h3-6,12,15,22H,7-11,13-14H2,1-2H3,(H2,21,23,24);1H. The van der Waals surface area contributed by atoms with Gasteiger partial charge in [0, 0.05) is 56.8 Å². The molecule has 1 aliphatic rings. The summed E-state index contributed by atoms with van der Waals surface area (Å²) in [5, 5.41) is 7.95. The average molecular weight is 499 g/mol. The summed E-state index contributed by atoms with van der Waals surface area (Å²) in [7, 11) is 3.48. The Balaban J connectivity index is 0.00000280. The molecule has 3 N–H and O–H groups in total. The van der Waals surface area contributed by atoms with E-state index in [1.54, 1.807) is 19.0 Å². The molecule has 0 spiro atoms. The highest BCUT2D eigenvalue weighted by Crippen LogP contribution is 2.17. The maximum Gasteiger partial charge on any atom is 0.243 e. The summed E-state index contributed by atoms with van der Waals surface area (Å²) in [6.45, 7) is 3.29. The molecule has 1 amide bonds. The Morgan fingerprint density at radius 2 is 2.14 bits per heavy atom. The van der Waals surface area contributed by atoms with E-state index in [0.717, 1.165) is 44.7 Å². The van der Waals surface area contributed by atoms with Crippen LogP contribution < -0.4 is 10.6 Å². The number of benzene rings is 1. The number of H-pyrrole nitrogens is 1. The second-order valence-corrected chi connectivity index (χ2v) is 7.10. The largest absolute Gasteiger partial charge is 0.381 e. The minimum Gasteiger partial charge on any atom is -0.381 e. The van der Waals surface area contributed by atoms with Crippen LogP contribution >= 0.6 is 24.0 Å². The van der Waals surface area contributed by atoms with E-state index in [2.05, 4.69) is 45.0 Å². The van der Waals surface area contributed by atoms with Crippen molar-refractivity contribution in [2.75, 3.05) is 46.9 Å². The third kappa shape index (κ3) is 6.37. The highest BCUT2D eigenvalue weighted by Gasteiger charge is 2.16. The number of carbonyl (C=O) groups excluding carboxylic acids is 1. The number of amides is 1. The van der Waals surface area contributed by atoms with Crippen LogP contribution in [0.15, 0.2) is 35.5 Å². The molecule has 1 atom stereocenters. The number of nitrogens with one attached hydrogen (secondary N) is 3. The molecule has 3 rings (SSSR count). The maximum atomic E-state index is 11.9. The number of nitrogens with zero attached hydrogens (tertiary/aromatic N) is 2. The van der Waals surface area contributed by atoms with Crippen LogP contribution in [0.4, 0.5) is 0 Å². The summed E-state index contributed by atoms with van der Waals surface area (Å²) < 4.78 is 5.43. The third-order valence-corrected chi connectivity index (χ3v) is 4.82. The lowest BCUT2D eigenvalue weighted by molar-refractivity contribution is -0.127. The van der Waals surface area contributed by atoms with Gasteiger partial charge in [0.05, 0.1) is 6.61 Å². The Bertz CT molecular complexity index is 784. The summed E-state index contributed by atoms with van der Waals surface area (Å²) >= 11 is 0. The fourth-order valence-corrected chi connectivity index (χ4v) is 3.10. The molecule has 28 heavy (non-hydrogen) atoms. The van der Waals surface area contributed by atoms with Gasteiger partial charge in [0.1, 0.15) is 6.54 Å². The van der Waals surface area contributed by atoms with Gasteiger partial charge in [-0.25, -0.2) is 4.99 Å². The van der Waals surface area contributed by atoms with Gasteiger partial charge in [-0.2, -0.15) is 0 Å². The van der Waals surface area contributed by atoms with E-state index in [9.17, 15) is 4.79 Å². The molecular formula is C20H30IN5O2. The first-order valence-electron chi connectivity index (χ1n) is 9.48. The smallest absolute Gasteiger partial charge is 0.243 e. The van der Waals surface area contributed by atoms with E-state index < -0.39 is 0 Å². The van der Waals surface area contributed by atoms with Gasteiger partial charge in [-0.3, -0.25) is 4.79 Å². The Morgan fingerprint density at radius 1 is 1.32 bits per heavy atom. The summed E-state index contributed by atoms with van der Waals surface area (Å²) in [6.07, 6.45) is 3.99. The van der Waals surface area contributed by atoms with Crippen molar-refractivity contribution in [3.8, 4) is 0 Å². The Hall–Kier alpha value is -1.81. The van der Waals surface area contributed by atoms with Crippen LogP contribution in [0.3, 0.4) is 0 Å².